The number of benzene rings is 2. The Bertz CT molecular complexity index is 838. The van der Waals surface area contributed by atoms with Gasteiger partial charge in [0.1, 0.15) is 0 Å². The van der Waals surface area contributed by atoms with Crippen LogP contribution >= 0.6 is 0 Å². The van der Waals surface area contributed by atoms with Crippen LogP contribution in [0.2, 0.25) is 0 Å². The van der Waals surface area contributed by atoms with E-state index in [4.69, 9.17) is 9.47 Å². The van der Waals surface area contributed by atoms with Crippen molar-refractivity contribution >= 4 is 11.8 Å². The minimum absolute atomic E-state index is 0.125. The highest BCUT2D eigenvalue weighted by molar-refractivity contribution is 6.00. The molecule has 27 heavy (non-hydrogen) atoms. The molecule has 0 spiro atoms. The predicted molar refractivity (Wildman–Crippen MR) is 90.5 cm³/mol. The Morgan fingerprint density at radius 1 is 1.00 bits per heavy atom. The van der Waals surface area contributed by atoms with Gasteiger partial charge < -0.3 is 9.47 Å². The molecule has 0 radical (unpaired) electrons. The van der Waals surface area contributed by atoms with E-state index >= 15 is 0 Å². The van der Waals surface area contributed by atoms with Crippen molar-refractivity contribution in [3.05, 3.63) is 59.2 Å². The molecule has 2 aromatic rings. The molecule has 0 aliphatic carbocycles. The van der Waals surface area contributed by atoms with Gasteiger partial charge in [-0.25, -0.2) is 0 Å². The Kier molecular flexibility index (Phi) is 6.27. The third-order valence-electron chi connectivity index (χ3n) is 3.49. The second kappa shape index (κ2) is 8.43. The van der Waals surface area contributed by atoms with Crippen molar-refractivity contribution in [2.24, 2.45) is 0 Å². The van der Waals surface area contributed by atoms with E-state index < -0.39 is 29.1 Å². The molecule has 2 aromatic carbocycles. The van der Waals surface area contributed by atoms with Crippen LogP contribution in [0.25, 0.3) is 0 Å². The highest BCUT2D eigenvalue weighted by Gasteiger charge is 2.34. The Morgan fingerprint density at radius 2 is 1.67 bits per heavy atom. The highest BCUT2D eigenvalue weighted by Crippen LogP contribution is 2.31. The fourth-order valence-electron chi connectivity index (χ4n) is 2.26. The van der Waals surface area contributed by atoms with Crippen molar-refractivity contribution < 1.29 is 32.2 Å². The van der Waals surface area contributed by atoms with Gasteiger partial charge in [0, 0.05) is 5.56 Å². The Morgan fingerprint density at radius 3 is 2.30 bits per heavy atom. The number of ether oxygens (including phenoxy) is 2. The largest absolute Gasteiger partial charge is 0.493 e. The second-order valence-corrected chi connectivity index (χ2v) is 5.25. The van der Waals surface area contributed by atoms with Crippen molar-refractivity contribution in [3.63, 3.8) is 0 Å². The van der Waals surface area contributed by atoms with Crippen LogP contribution in [0.3, 0.4) is 0 Å². The predicted octanol–water partition coefficient (Wildman–Crippen LogP) is 3.19. The van der Waals surface area contributed by atoms with Crippen LogP contribution < -0.4 is 20.3 Å². The first kappa shape index (κ1) is 20.1. The number of carbonyl (C=O) groups is 2. The summed E-state index contributed by atoms with van der Waals surface area (Å²) < 4.78 is 49.3. The minimum Gasteiger partial charge on any atom is -0.493 e. The molecule has 0 aromatic heterocycles. The van der Waals surface area contributed by atoms with E-state index in [2.05, 4.69) is 5.43 Å². The van der Waals surface area contributed by atoms with Crippen LogP contribution in [0.5, 0.6) is 11.5 Å². The first-order valence-electron chi connectivity index (χ1n) is 7.85. The van der Waals surface area contributed by atoms with Crippen LogP contribution in [0.15, 0.2) is 42.5 Å². The number of rotatable bonds is 5. The number of hydrazine groups is 1. The van der Waals surface area contributed by atoms with Crippen molar-refractivity contribution in [1.29, 1.82) is 0 Å². The molecular formula is C18H17F3N2O4. The molecular weight excluding hydrogens is 365 g/mol. The number of methoxy groups -OCH3 is 1. The lowest BCUT2D eigenvalue weighted by molar-refractivity contribution is -0.137. The summed E-state index contributed by atoms with van der Waals surface area (Å²) in [5.41, 5.74) is 2.48. The molecule has 2 N–H and O–H groups in total. The summed E-state index contributed by atoms with van der Waals surface area (Å²) in [5.74, 6) is -1.08. The van der Waals surface area contributed by atoms with Gasteiger partial charge in [-0.2, -0.15) is 13.2 Å². The standard InChI is InChI=1S/C18H17F3N2O4/c1-3-27-14-9-8-11(10-15(14)26-2)16(24)22-23-17(25)12-6-4-5-7-13(12)18(19,20)21/h4-10H,3H2,1-2H3,(H,22,24)(H,23,25). The number of carbonyl (C=O) groups excluding carboxylic acids is 2. The van der Waals surface area contributed by atoms with Crippen molar-refractivity contribution in [3.8, 4) is 11.5 Å². The van der Waals surface area contributed by atoms with E-state index in [1.165, 1.54) is 37.4 Å². The quantitative estimate of drug-likeness (QED) is 0.779. The molecule has 0 atom stereocenters. The van der Waals surface area contributed by atoms with Crippen LogP contribution in [0.4, 0.5) is 13.2 Å². The van der Waals surface area contributed by atoms with E-state index in [0.29, 0.717) is 18.1 Å². The average molecular weight is 382 g/mol. The summed E-state index contributed by atoms with van der Waals surface area (Å²) in [4.78, 5) is 24.2. The zero-order chi connectivity index (χ0) is 20.0. The number of hydrogen-bond acceptors (Lipinski definition) is 4. The maximum atomic E-state index is 13.0. The van der Waals surface area contributed by atoms with Gasteiger partial charge in [0.25, 0.3) is 11.8 Å². The summed E-state index contributed by atoms with van der Waals surface area (Å²) in [6, 6.07) is 8.60. The van der Waals surface area contributed by atoms with E-state index in [1.807, 2.05) is 5.43 Å². The summed E-state index contributed by atoms with van der Waals surface area (Å²) in [5, 5.41) is 0. The lowest BCUT2D eigenvalue weighted by Crippen LogP contribution is -2.42. The molecule has 6 nitrogen and oxygen atoms in total. The summed E-state index contributed by atoms with van der Waals surface area (Å²) in [7, 11) is 1.40. The van der Waals surface area contributed by atoms with E-state index in [9.17, 15) is 22.8 Å². The lowest BCUT2D eigenvalue weighted by atomic mass is 10.1. The van der Waals surface area contributed by atoms with E-state index in [0.717, 1.165) is 12.1 Å². The second-order valence-electron chi connectivity index (χ2n) is 5.25. The molecule has 0 saturated heterocycles. The van der Waals surface area contributed by atoms with Crippen LogP contribution in [-0.4, -0.2) is 25.5 Å². The molecule has 0 saturated carbocycles. The topological polar surface area (TPSA) is 76.7 Å². The van der Waals surface area contributed by atoms with E-state index in [1.54, 1.807) is 6.92 Å². The zero-order valence-electron chi connectivity index (χ0n) is 14.5. The average Bonchev–Trinajstić information content (AvgIpc) is 2.65. The van der Waals surface area contributed by atoms with Crippen LogP contribution in [0.1, 0.15) is 33.2 Å². The molecule has 9 heteroatoms. The lowest BCUT2D eigenvalue weighted by Gasteiger charge is -2.14. The van der Waals surface area contributed by atoms with Gasteiger partial charge >= 0.3 is 6.18 Å². The first-order chi connectivity index (χ1) is 12.8. The fourth-order valence-corrected chi connectivity index (χ4v) is 2.26. The van der Waals surface area contributed by atoms with Gasteiger partial charge in [0.2, 0.25) is 0 Å². The molecule has 0 heterocycles. The van der Waals surface area contributed by atoms with Crippen LogP contribution in [-0.2, 0) is 6.18 Å². The molecule has 2 amide bonds. The number of hydrogen-bond donors (Lipinski definition) is 2. The van der Waals surface area contributed by atoms with Crippen molar-refractivity contribution in [2.45, 2.75) is 13.1 Å². The maximum Gasteiger partial charge on any atom is 0.417 e. The van der Waals surface area contributed by atoms with Gasteiger partial charge in [-0.1, -0.05) is 12.1 Å². The molecule has 0 aliphatic heterocycles. The third-order valence-corrected chi connectivity index (χ3v) is 3.49. The Hall–Kier alpha value is -3.23. The van der Waals surface area contributed by atoms with Crippen molar-refractivity contribution in [2.75, 3.05) is 13.7 Å². The van der Waals surface area contributed by atoms with Crippen LogP contribution in [0, 0.1) is 0 Å². The number of alkyl halides is 3. The Balaban J connectivity index is 2.11. The maximum absolute atomic E-state index is 13.0. The number of nitrogens with one attached hydrogen (secondary N) is 2. The highest BCUT2D eigenvalue weighted by atomic mass is 19.4. The normalized spacial score (nSPS) is 10.9. The fraction of sp³-hybridized carbons (Fsp3) is 0.222. The Labute approximate surface area is 153 Å². The third kappa shape index (κ3) is 4.90. The molecule has 0 aliphatic rings. The molecule has 0 unspecified atom stereocenters. The first-order valence-corrected chi connectivity index (χ1v) is 7.85. The smallest absolute Gasteiger partial charge is 0.417 e. The van der Waals surface area contributed by atoms with E-state index in [-0.39, 0.29) is 5.56 Å². The number of halogens is 3. The van der Waals surface area contributed by atoms with Gasteiger partial charge in [0.15, 0.2) is 11.5 Å². The van der Waals surface area contributed by atoms with Gasteiger partial charge in [-0.3, -0.25) is 20.4 Å². The number of amides is 2. The molecule has 2 rings (SSSR count). The molecule has 0 bridgehead atoms. The monoisotopic (exact) mass is 382 g/mol. The molecule has 144 valence electrons. The zero-order valence-corrected chi connectivity index (χ0v) is 14.5. The van der Waals surface area contributed by atoms with Gasteiger partial charge in [0.05, 0.1) is 24.8 Å². The minimum atomic E-state index is -4.69. The SMILES string of the molecule is CCOc1ccc(C(=O)NNC(=O)c2ccccc2C(F)(F)F)cc1OC. The summed E-state index contributed by atoms with van der Waals surface area (Å²) >= 11 is 0. The summed E-state index contributed by atoms with van der Waals surface area (Å²) in [6.07, 6.45) is -4.69. The van der Waals surface area contributed by atoms with Gasteiger partial charge in [-0.15, -0.1) is 0 Å². The summed E-state index contributed by atoms with van der Waals surface area (Å²) in [6.45, 7) is 2.19. The van der Waals surface area contributed by atoms with Gasteiger partial charge in [-0.05, 0) is 37.3 Å². The van der Waals surface area contributed by atoms with Crippen molar-refractivity contribution in [1.82, 2.24) is 10.9 Å². The molecule has 0 fully saturated rings.